The molecule has 0 radical (unpaired) electrons. The zero-order chi connectivity index (χ0) is 26.4. The molecule has 0 aromatic heterocycles. The number of carboxylic acids is 2. The Hall–Kier alpha value is -3.95. The molecule has 0 aromatic carbocycles. The number of hydrogen-bond donors (Lipinski definition) is 9. The van der Waals surface area contributed by atoms with Crippen LogP contribution in [0.5, 0.6) is 0 Å². The van der Waals surface area contributed by atoms with Crippen LogP contribution in [0.25, 0.3) is 0 Å². The highest BCUT2D eigenvalue weighted by molar-refractivity contribution is 5.95. The van der Waals surface area contributed by atoms with Crippen molar-refractivity contribution in [3.8, 4) is 0 Å². The van der Waals surface area contributed by atoms with Gasteiger partial charge in [-0.3, -0.25) is 33.8 Å². The first-order chi connectivity index (χ1) is 15.7. The maximum atomic E-state index is 12.7. The quantitative estimate of drug-likeness (QED) is 0.0568. The van der Waals surface area contributed by atoms with Gasteiger partial charge in [-0.05, 0) is 26.2 Å². The van der Waals surface area contributed by atoms with E-state index in [1.807, 2.05) is 0 Å². The van der Waals surface area contributed by atoms with E-state index in [9.17, 15) is 28.8 Å². The van der Waals surface area contributed by atoms with E-state index in [-0.39, 0.29) is 38.2 Å². The Labute approximate surface area is 194 Å². The van der Waals surface area contributed by atoms with Gasteiger partial charge in [0.15, 0.2) is 5.96 Å². The average molecular weight is 489 g/mol. The molecule has 4 unspecified atom stereocenters. The highest BCUT2D eigenvalue weighted by atomic mass is 16.4. The molecule has 16 nitrogen and oxygen atoms in total. The van der Waals surface area contributed by atoms with Crippen LogP contribution in [0, 0.1) is 0 Å². The molecule has 4 atom stereocenters. The molecule has 13 N–H and O–H groups in total. The van der Waals surface area contributed by atoms with E-state index in [4.69, 9.17) is 33.1 Å². The number of rotatable bonds is 16. The molecule has 0 rings (SSSR count). The maximum Gasteiger partial charge on any atom is 0.325 e. The molecule has 0 saturated heterocycles. The number of nitrogens with two attached hydrogens (primary N) is 4. The molecular formula is C18H32N8O8. The van der Waals surface area contributed by atoms with Crippen molar-refractivity contribution in [2.24, 2.45) is 27.9 Å². The lowest BCUT2D eigenvalue weighted by Crippen LogP contribution is -2.57. The molecule has 0 aliphatic heterocycles. The molecule has 0 aromatic rings. The molecule has 0 aliphatic carbocycles. The van der Waals surface area contributed by atoms with Crippen molar-refractivity contribution < 1.29 is 39.0 Å². The average Bonchev–Trinajstić information content (AvgIpc) is 2.72. The van der Waals surface area contributed by atoms with E-state index >= 15 is 0 Å². The number of guanidine groups is 1. The smallest absolute Gasteiger partial charge is 0.325 e. The van der Waals surface area contributed by atoms with Crippen LogP contribution in [-0.2, 0) is 28.8 Å². The predicted molar refractivity (Wildman–Crippen MR) is 118 cm³/mol. The summed E-state index contributed by atoms with van der Waals surface area (Å²) >= 11 is 0. The van der Waals surface area contributed by atoms with Gasteiger partial charge in [-0.1, -0.05) is 0 Å². The van der Waals surface area contributed by atoms with Crippen LogP contribution < -0.4 is 38.9 Å². The summed E-state index contributed by atoms with van der Waals surface area (Å²) in [7, 11) is 0. The predicted octanol–water partition coefficient (Wildman–Crippen LogP) is -4.33. The second-order valence-electron chi connectivity index (χ2n) is 7.35. The van der Waals surface area contributed by atoms with Crippen LogP contribution in [0.1, 0.15) is 39.0 Å². The van der Waals surface area contributed by atoms with E-state index in [2.05, 4.69) is 20.9 Å². The minimum atomic E-state index is -1.62. The fraction of sp³-hybridized carbons (Fsp3) is 0.611. The van der Waals surface area contributed by atoms with Crippen LogP contribution in [-0.4, -0.2) is 82.5 Å². The van der Waals surface area contributed by atoms with Crippen LogP contribution in [0.2, 0.25) is 0 Å². The fourth-order valence-electron chi connectivity index (χ4n) is 2.51. The molecule has 0 fully saturated rings. The number of nitrogens with zero attached hydrogens (tertiary/aromatic N) is 1. The van der Waals surface area contributed by atoms with Crippen molar-refractivity contribution in [1.29, 1.82) is 0 Å². The molecule has 4 amide bonds. The number of primary amides is 1. The van der Waals surface area contributed by atoms with E-state index in [1.165, 1.54) is 6.92 Å². The summed E-state index contributed by atoms with van der Waals surface area (Å²) in [6.07, 6.45) is -1.01. The zero-order valence-corrected chi connectivity index (χ0v) is 18.7. The van der Waals surface area contributed by atoms with Gasteiger partial charge >= 0.3 is 11.9 Å². The Morgan fingerprint density at radius 3 is 1.91 bits per heavy atom. The van der Waals surface area contributed by atoms with E-state index < -0.39 is 66.2 Å². The first-order valence-corrected chi connectivity index (χ1v) is 10.2. The topological polar surface area (TPSA) is 295 Å². The first-order valence-electron chi connectivity index (χ1n) is 10.2. The van der Waals surface area contributed by atoms with Crippen LogP contribution in [0.4, 0.5) is 0 Å². The summed E-state index contributed by atoms with van der Waals surface area (Å²) < 4.78 is 0. The lowest BCUT2D eigenvalue weighted by atomic mass is 10.1. The van der Waals surface area contributed by atoms with E-state index in [1.54, 1.807) is 0 Å². The molecule has 34 heavy (non-hydrogen) atoms. The van der Waals surface area contributed by atoms with E-state index in [0.29, 0.717) is 0 Å². The van der Waals surface area contributed by atoms with Gasteiger partial charge in [0.1, 0.15) is 18.1 Å². The normalized spacial score (nSPS) is 13.9. The first kappa shape index (κ1) is 30.1. The summed E-state index contributed by atoms with van der Waals surface area (Å²) in [5.41, 5.74) is 21.1. The highest BCUT2D eigenvalue weighted by Crippen LogP contribution is 2.04. The van der Waals surface area contributed by atoms with Crippen molar-refractivity contribution in [3.05, 3.63) is 0 Å². The van der Waals surface area contributed by atoms with Gasteiger partial charge in [-0.15, -0.1) is 0 Å². The van der Waals surface area contributed by atoms with Gasteiger partial charge < -0.3 is 49.1 Å². The zero-order valence-electron chi connectivity index (χ0n) is 18.7. The number of aliphatic carboxylic acids is 2. The molecule has 192 valence electrons. The molecular weight excluding hydrogens is 456 g/mol. The van der Waals surface area contributed by atoms with Gasteiger partial charge in [-0.25, -0.2) is 0 Å². The Morgan fingerprint density at radius 1 is 0.853 bits per heavy atom. The minimum absolute atomic E-state index is 0.0352. The largest absolute Gasteiger partial charge is 0.481 e. The number of carbonyl (C=O) groups is 6. The van der Waals surface area contributed by atoms with Gasteiger partial charge in [0.25, 0.3) is 0 Å². The Balaban J connectivity index is 5.44. The summed E-state index contributed by atoms with van der Waals surface area (Å²) in [4.78, 5) is 74.2. The third kappa shape index (κ3) is 12.8. The van der Waals surface area contributed by atoms with Crippen molar-refractivity contribution in [1.82, 2.24) is 16.0 Å². The third-order valence-electron chi connectivity index (χ3n) is 4.36. The van der Waals surface area contributed by atoms with Gasteiger partial charge in [0.2, 0.25) is 23.6 Å². The molecule has 0 saturated carbocycles. The van der Waals surface area contributed by atoms with Crippen molar-refractivity contribution in [2.45, 2.75) is 63.2 Å². The highest BCUT2D eigenvalue weighted by Gasteiger charge is 2.30. The molecule has 0 heterocycles. The SMILES string of the molecule is CC(NC(=O)C(CCCN=C(N)N)NC(=O)C(CC(=O)O)NC(=O)C(N)CCC(N)=O)C(=O)O. The van der Waals surface area contributed by atoms with Crippen LogP contribution >= 0.6 is 0 Å². The number of carbonyl (C=O) groups excluding carboxylic acids is 4. The lowest BCUT2D eigenvalue weighted by Gasteiger charge is -2.24. The minimum Gasteiger partial charge on any atom is -0.481 e. The third-order valence-corrected chi connectivity index (χ3v) is 4.36. The van der Waals surface area contributed by atoms with Crippen molar-refractivity contribution >= 4 is 41.5 Å². The Morgan fingerprint density at radius 2 is 1.41 bits per heavy atom. The van der Waals surface area contributed by atoms with Crippen LogP contribution in [0.3, 0.4) is 0 Å². The van der Waals surface area contributed by atoms with Crippen molar-refractivity contribution in [2.75, 3.05) is 6.54 Å². The molecule has 0 spiro atoms. The number of carboxylic acid groups (broad SMARTS) is 2. The molecule has 0 bridgehead atoms. The monoisotopic (exact) mass is 488 g/mol. The van der Waals surface area contributed by atoms with Gasteiger partial charge in [-0.2, -0.15) is 0 Å². The number of hydrogen-bond acceptors (Lipinski definition) is 8. The molecule has 0 aliphatic rings. The summed E-state index contributed by atoms with van der Waals surface area (Å²) in [5, 5.41) is 24.8. The number of aliphatic imine (C=N–C) groups is 1. The van der Waals surface area contributed by atoms with Gasteiger partial charge in [0, 0.05) is 13.0 Å². The fourth-order valence-corrected chi connectivity index (χ4v) is 2.51. The summed E-state index contributed by atoms with van der Waals surface area (Å²) in [6, 6.07) is -5.43. The standard InChI is InChI=1S/C18H32N8O8/c1-8(17(33)34)24-15(31)10(3-2-6-23-18(21)22)25-16(32)11(7-13(28)29)26-14(30)9(19)4-5-12(20)27/h8-11H,2-7,19H2,1H3,(H2,20,27)(H,24,31)(H,25,32)(H,26,30)(H,28,29)(H,33,34)(H4,21,22,23). The Bertz CT molecular complexity index is 799. The van der Waals surface area contributed by atoms with Crippen molar-refractivity contribution in [3.63, 3.8) is 0 Å². The summed E-state index contributed by atoms with van der Waals surface area (Å²) in [5.74, 6) is -6.43. The lowest BCUT2D eigenvalue weighted by molar-refractivity contribution is -0.143. The number of amides is 4. The van der Waals surface area contributed by atoms with E-state index in [0.717, 1.165) is 0 Å². The second kappa shape index (κ2) is 15.0. The van der Waals surface area contributed by atoms with Crippen LogP contribution in [0.15, 0.2) is 4.99 Å². The van der Waals surface area contributed by atoms with Gasteiger partial charge in [0.05, 0.1) is 12.5 Å². The Kier molecular flexibility index (Phi) is 13.2. The summed E-state index contributed by atoms with van der Waals surface area (Å²) in [6.45, 7) is 1.31. The molecule has 16 heteroatoms. The maximum absolute atomic E-state index is 12.7. The number of nitrogens with one attached hydrogen (secondary N) is 3. The second-order valence-corrected chi connectivity index (χ2v) is 7.35.